The highest BCUT2D eigenvalue weighted by molar-refractivity contribution is 5.81. The van der Waals surface area contributed by atoms with E-state index in [1.54, 1.807) is 26.8 Å². The van der Waals surface area contributed by atoms with E-state index in [1.807, 2.05) is 18.2 Å². The number of amides is 1. The van der Waals surface area contributed by atoms with E-state index in [1.165, 1.54) is 6.26 Å². The first kappa shape index (κ1) is 17.3. The summed E-state index contributed by atoms with van der Waals surface area (Å²) in [5.74, 6) is 0. The van der Waals surface area contributed by atoms with Gasteiger partial charge >= 0.3 is 6.09 Å². The Kier molecular flexibility index (Phi) is 5.28. The zero-order valence-corrected chi connectivity index (χ0v) is 13.6. The van der Waals surface area contributed by atoms with Gasteiger partial charge < -0.3 is 24.7 Å². The summed E-state index contributed by atoms with van der Waals surface area (Å²) in [5.41, 5.74) is 0.615. The zero-order valence-electron chi connectivity index (χ0n) is 13.6. The number of aliphatic hydroxyl groups excluding tert-OH is 2. The molecule has 0 bridgehead atoms. The van der Waals surface area contributed by atoms with Crippen LogP contribution in [0, 0.1) is 0 Å². The highest BCUT2D eigenvalue weighted by Gasteiger charge is 2.23. The fourth-order valence-electron chi connectivity index (χ4n) is 2.23. The van der Waals surface area contributed by atoms with Crippen molar-refractivity contribution in [2.45, 2.75) is 45.0 Å². The summed E-state index contributed by atoms with van der Waals surface area (Å²) < 4.78 is 10.5. The van der Waals surface area contributed by atoms with Crippen LogP contribution in [0.5, 0.6) is 0 Å². The van der Waals surface area contributed by atoms with Gasteiger partial charge in [-0.3, -0.25) is 0 Å². The molecule has 0 fully saturated rings. The van der Waals surface area contributed by atoms with Crippen molar-refractivity contribution in [2.24, 2.45) is 0 Å². The van der Waals surface area contributed by atoms with Crippen LogP contribution in [0.4, 0.5) is 4.79 Å². The van der Waals surface area contributed by atoms with Gasteiger partial charge in [0.15, 0.2) is 0 Å². The molecule has 0 spiro atoms. The molecule has 23 heavy (non-hydrogen) atoms. The van der Waals surface area contributed by atoms with Gasteiger partial charge in [0, 0.05) is 17.5 Å². The van der Waals surface area contributed by atoms with Crippen molar-refractivity contribution in [1.29, 1.82) is 0 Å². The lowest BCUT2D eigenvalue weighted by atomic mass is 10.0. The minimum absolute atomic E-state index is 0.194. The van der Waals surface area contributed by atoms with Crippen molar-refractivity contribution in [2.75, 3.05) is 6.54 Å². The van der Waals surface area contributed by atoms with E-state index in [0.717, 1.165) is 5.39 Å². The maximum atomic E-state index is 11.5. The van der Waals surface area contributed by atoms with E-state index >= 15 is 0 Å². The largest absolute Gasteiger partial charge is 0.464 e. The maximum absolute atomic E-state index is 11.5. The van der Waals surface area contributed by atoms with E-state index in [9.17, 15) is 15.0 Å². The molecule has 6 heteroatoms. The fourth-order valence-corrected chi connectivity index (χ4v) is 2.23. The standard InChI is InChI=1S/C17H23NO5/c1-17(2,3)23-16(21)18-9-8-13(19)15(20)12-10-22-14-7-5-4-6-11(12)14/h4-7,10,13,15,19-20H,8-9H2,1-3H3,(H,18,21). The van der Waals surface area contributed by atoms with Crippen molar-refractivity contribution in [3.63, 3.8) is 0 Å². The average Bonchev–Trinajstić information content (AvgIpc) is 2.88. The van der Waals surface area contributed by atoms with Crippen LogP contribution in [-0.2, 0) is 4.74 Å². The molecule has 1 heterocycles. The van der Waals surface area contributed by atoms with Gasteiger partial charge in [-0.05, 0) is 33.3 Å². The van der Waals surface area contributed by atoms with Gasteiger partial charge in [-0.15, -0.1) is 0 Å². The number of aliphatic hydroxyl groups is 2. The number of alkyl carbamates (subject to hydrolysis) is 1. The van der Waals surface area contributed by atoms with Crippen LogP contribution in [0.15, 0.2) is 34.9 Å². The van der Waals surface area contributed by atoms with Gasteiger partial charge in [0.2, 0.25) is 0 Å². The third-order valence-corrected chi connectivity index (χ3v) is 3.30. The summed E-state index contributed by atoms with van der Waals surface area (Å²) >= 11 is 0. The van der Waals surface area contributed by atoms with E-state index in [4.69, 9.17) is 9.15 Å². The summed E-state index contributed by atoms with van der Waals surface area (Å²) in [4.78, 5) is 11.5. The fraction of sp³-hybridized carbons (Fsp3) is 0.471. The molecule has 2 aromatic rings. The predicted octanol–water partition coefficient (Wildman–Crippen LogP) is 2.74. The summed E-state index contributed by atoms with van der Waals surface area (Å²) in [6.07, 6.45) is -1.02. The molecule has 2 rings (SSSR count). The molecule has 1 aromatic heterocycles. The number of ether oxygens (including phenoxy) is 1. The van der Waals surface area contributed by atoms with Crippen LogP contribution < -0.4 is 5.32 Å². The van der Waals surface area contributed by atoms with Crippen LogP contribution in [0.25, 0.3) is 11.0 Å². The SMILES string of the molecule is CC(C)(C)OC(=O)NCCC(O)C(O)c1coc2ccccc12. The Morgan fingerprint density at radius 2 is 2.00 bits per heavy atom. The van der Waals surface area contributed by atoms with E-state index < -0.39 is 23.9 Å². The van der Waals surface area contributed by atoms with Crippen LogP contribution >= 0.6 is 0 Å². The highest BCUT2D eigenvalue weighted by Crippen LogP contribution is 2.28. The number of hydrogen-bond acceptors (Lipinski definition) is 5. The molecule has 0 radical (unpaired) electrons. The first-order valence-corrected chi connectivity index (χ1v) is 7.57. The Bertz CT molecular complexity index is 658. The summed E-state index contributed by atoms with van der Waals surface area (Å²) in [5, 5.41) is 23.7. The predicted molar refractivity (Wildman–Crippen MR) is 86.0 cm³/mol. The third kappa shape index (κ3) is 4.71. The van der Waals surface area contributed by atoms with Crippen LogP contribution in [0.3, 0.4) is 0 Å². The number of nitrogens with one attached hydrogen (secondary N) is 1. The zero-order chi connectivity index (χ0) is 17.0. The second-order valence-electron chi connectivity index (χ2n) is 6.42. The lowest BCUT2D eigenvalue weighted by Gasteiger charge is -2.21. The molecular weight excluding hydrogens is 298 g/mol. The van der Waals surface area contributed by atoms with Gasteiger partial charge in [-0.25, -0.2) is 4.79 Å². The smallest absolute Gasteiger partial charge is 0.407 e. The Labute approximate surface area is 135 Å². The lowest BCUT2D eigenvalue weighted by molar-refractivity contribution is 0.0126. The molecule has 6 nitrogen and oxygen atoms in total. The number of carbonyl (C=O) groups excluding carboxylic acids is 1. The van der Waals surface area contributed by atoms with Crippen molar-refractivity contribution >= 4 is 17.1 Å². The first-order chi connectivity index (χ1) is 10.8. The molecule has 2 atom stereocenters. The quantitative estimate of drug-likeness (QED) is 0.787. The van der Waals surface area contributed by atoms with Crippen LogP contribution in [0.1, 0.15) is 38.9 Å². The second-order valence-corrected chi connectivity index (χ2v) is 6.42. The molecule has 0 aliphatic rings. The van der Waals surface area contributed by atoms with Crippen LogP contribution in [0.2, 0.25) is 0 Å². The van der Waals surface area contributed by atoms with Gasteiger partial charge in [0.25, 0.3) is 0 Å². The number of carbonyl (C=O) groups is 1. The number of rotatable bonds is 5. The normalized spacial score (nSPS) is 14.5. The molecule has 0 saturated heterocycles. The van der Waals surface area contributed by atoms with Crippen molar-refractivity contribution in [3.05, 3.63) is 36.1 Å². The molecule has 0 saturated carbocycles. The van der Waals surface area contributed by atoms with Crippen molar-refractivity contribution in [3.8, 4) is 0 Å². The first-order valence-electron chi connectivity index (χ1n) is 7.57. The molecule has 3 N–H and O–H groups in total. The van der Waals surface area contributed by atoms with Gasteiger partial charge in [0.05, 0.1) is 12.4 Å². The van der Waals surface area contributed by atoms with E-state index in [0.29, 0.717) is 11.1 Å². The Morgan fingerprint density at radius 1 is 1.30 bits per heavy atom. The Hall–Kier alpha value is -2.05. The molecule has 0 aliphatic heterocycles. The topological polar surface area (TPSA) is 91.9 Å². The third-order valence-electron chi connectivity index (χ3n) is 3.30. The Morgan fingerprint density at radius 3 is 2.70 bits per heavy atom. The minimum Gasteiger partial charge on any atom is -0.464 e. The maximum Gasteiger partial charge on any atom is 0.407 e. The van der Waals surface area contributed by atoms with Crippen LogP contribution in [-0.4, -0.2) is 34.6 Å². The summed E-state index contributed by atoms with van der Waals surface area (Å²) in [7, 11) is 0. The Balaban J connectivity index is 1.88. The molecule has 1 aromatic carbocycles. The number of furan rings is 1. The number of fused-ring (bicyclic) bond motifs is 1. The minimum atomic E-state index is -1.08. The molecule has 0 aliphatic carbocycles. The number of hydrogen-bond donors (Lipinski definition) is 3. The summed E-state index contributed by atoms with van der Waals surface area (Å²) in [6.45, 7) is 5.52. The second kappa shape index (κ2) is 7.02. The lowest BCUT2D eigenvalue weighted by Crippen LogP contribution is -2.34. The number of para-hydroxylation sites is 1. The molecule has 126 valence electrons. The van der Waals surface area contributed by atoms with Gasteiger partial charge in [-0.2, -0.15) is 0 Å². The average molecular weight is 321 g/mol. The molecule has 1 amide bonds. The van der Waals surface area contributed by atoms with Crippen molar-refractivity contribution < 1.29 is 24.2 Å². The van der Waals surface area contributed by atoms with Gasteiger partial charge in [0.1, 0.15) is 17.3 Å². The molecule has 2 unspecified atom stereocenters. The molecular formula is C17H23NO5. The number of benzene rings is 1. The van der Waals surface area contributed by atoms with E-state index in [2.05, 4.69) is 5.32 Å². The monoisotopic (exact) mass is 321 g/mol. The van der Waals surface area contributed by atoms with Crippen molar-refractivity contribution in [1.82, 2.24) is 5.32 Å². The highest BCUT2D eigenvalue weighted by atomic mass is 16.6. The summed E-state index contributed by atoms with van der Waals surface area (Å²) in [6, 6.07) is 7.29. The van der Waals surface area contributed by atoms with Gasteiger partial charge in [-0.1, -0.05) is 18.2 Å². The van der Waals surface area contributed by atoms with E-state index in [-0.39, 0.29) is 13.0 Å².